The molecule has 7 heteroatoms. The first-order valence-electron chi connectivity index (χ1n) is 7.91. The van der Waals surface area contributed by atoms with Crippen LogP contribution in [0, 0.1) is 5.92 Å². The SMILES string of the molecule is COc1ccc2c(c1)OCC(C(=O)NCCCn1cc(Cl)cn1)C2. The third-order valence-corrected chi connectivity index (χ3v) is 4.21. The van der Waals surface area contributed by atoms with E-state index in [-0.39, 0.29) is 11.8 Å². The monoisotopic (exact) mass is 349 g/mol. The van der Waals surface area contributed by atoms with Crippen molar-refractivity contribution in [3.05, 3.63) is 41.2 Å². The standard InChI is InChI=1S/C17H20ClN3O3/c1-23-15-4-3-12-7-13(11-24-16(12)8-15)17(22)19-5-2-6-21-10-14(18)9-20-21/h3-4,8-10,13H,2,5-7,11H2,1H3,(H,19,22). The largest absolute Gasteiger partial charge is 0.497 e. The lowest BCUT2D eigenvalue weighted by atomic mass is 9.96. The number of fused-ring (bicyclic) bond motifs is 1. The molecule has 1 amide bonds. The highest BCUT2D eigenvalue weighted by atomic mass is 35.5. The molecule has 1 aromatic carbocycles. The number of hydrogen-bond acceptors (Lipinski definition) is 4. The van der Waals surface area contributed by atoms with Crippen LogP contribution in [0.15, 0.2) is 30.6 Å². The lowest BCUT2D eigenvalue weighted by molar-refractivity contribution is -0.126. The van der Waals surface area contributed by atoms with Crippen LogP contribution in [0.25, 0.3) is 0 Å². The van der Waals surface area contributed by atoms with Gasteiger partial charge >= 0.3 is 0 Å². The molecule has 1 aliphatic rings. The number of carbonyl (C=O) groups is 1. The molecule has 24 heavy (non-hydrogen) atoms. The Hall–Kier alpha value is -2.21. The van der Waals surface area contributed by atoms with Crippen LogP contribution in [0.1, 0.15) is 12.0 Å². The lowest BCUT2D eigenvalue weighted by Gasteiger charge is -2.25. The third-order valence-electron chi connectivity index (χ3n) is 4.02. The summed E-state index contributed by atoms with van der Waals surface area (Å²) in [7, 11) is 1.62. The van der Waals surface area contributed by atoms with Crippen LogP contribution in [0.3, 0.4) is 0 Å². The number of amides is 1. The van der Waals surface area contributed by atoms with Crippen LogP contribution >= 0.6 is 11.6 Å². The second kappa shape index (κ2) is 7.57. The first-order chi connectivity index (χ1) is 11.7. The van der Waals surface area contributed by atoms with E-state index in [2.05, 4.69) is 10.4 Å². The van der Waals surface area contributed by atoms with Crippen LogP contribution in [-0.4, -0.2) is 35.9 Å². The Balaban J connectivity index is 1.45. The molecule has 0 fully saturated rings. The molecule has 0 spiro atoms. The zero-order chi connectivity index (χ0) is 16.9. The van der Waals surface area contributed by atoms with Gasteiger partial charge in [-0.15, -0.1) is 0 Å². The van der Waals surface area contributed by atoms with Gasteiger partial charge in [0.05, 0.1) is 24.2 Å². The number of nitrogens with one attached hydrogen (secondary N) is 1. The van der Waals surface area contributed by atoms with Crippen molar-refractivity contribution >= 4 is 17.5 Å². The van der Waals surface area contributed by atoms with Crippen LogP contribution in [0.5, 0.6) is 11.5 Å². The maximum absolute atomic E-state index is 12.3. The quantitative estimate of drug-likeness (QED) is 0.813. The van der Waals surface area contributed by atoms with Crippen molar-refractivity contribution in [2.75, 3.05) is 20.3 Å². The third kappa shape index (κ3) is 4.00. The van der Waals surface area contributed by atoms with Crippen LogP contribution in [0.4, 0.5) is 0 Å². The molecule has 1 aromatic heterocycles. The van der Waals surface area contributed by atoms with E-state index >= 15 is 0 Å². The minimum atomic E-state index is -0.162. The molecule has 0 radical (unpaired) electrons. The van der Waals surface area contributed by atoms with Crippen molar-refractivity contribution in [2.45, 2.75) is 19.4 Å². The number of benzene rings is 1. The second-order valence-corrected chi connectivity index (χ2v) is 6.19. The zero-order valence-electron chi connectivity index (χ0n) is 13.5. The number of ether oxygens (including phenoxy) is 2. The predicted molar refractivity (Wildman–Crippen MR) is 90.5 cm³/mol. The van der Waals surface area contributed by atoms with E-state index in [0.717, 1.165) is 30.0 Å². The van der Waals surface area contributed by atoms with Gasteiger partial charge in [-0.25, -0.2) is 0 Å². The Labute approximate surface area is 145 Å². The summed E-state index contributed by atoms with van der Waals surface area (Å²) < 4.78 is 12.7. The van der Waals surface area contributed by atoms with E-state index in [1.54, 1.807) is 24.2 Å². The van der Waals surface area contributed by atoms with Gasteiger partial charge in [0.25, 0.3) is 0 Å². The molecule has 2 aromatic rings. The number of aryl methyl sites for hydroxylation is 1. The van der Waals surface area contributed by atoms with E-state index in [0.29, 0.717) is 24.6 Å². The number of nitrogens with zero attached hydrogens (tertiary/aromatic N) is 2. The van der Waals surface area contributed by atoms with Crippen molar-refractivity contribution < 1.29 is 14.3 Å². The summed E-state index contributed by atoms with van der Waals surface area (Å²) in [6.45, 7) is 1.71. The normalized spacial score (nSPS) is 16.2. The van der Waals surface area contributed by atoms with Crippen molar-refractivity contribution in [2.24, 2.45) is 5.92 Å². The zero-order valence-corrected chi connectivity index (χ0v) is 14.3. The number of carbonyl (C=O) groups excluding carboxylic acids is 1. The topological polar surface area (TPSA) is 65.4 Å². The fraction of sp³-hybridized carbons (Fsp3) is 0.412. The molecule has 1 aliphatic heterocycles. The summed E-state index contributed by atoms with van der Waals surface area (Å²) in [5.74, 6) is 1.42. The molecule has 128 valence electrons. The maximum atomic E-state index is 12.3. The molecule has 0 saturated carbocycles. The van der Waals surface area contributed by atoms with E-state index in [9.17, 15) is 4.79 Å². The highest BCUT2D eigenvalue weighted by Crippen LogP contribution is 2.31. The van der Waals surface area contributed by atoms with Crippen molar-refractivity contribution in [1.29, 1.82) is 0 Å². The van der Waals surface area contributed by atoms with Crippen LogP contribution in [-0.2, 0) is 17.8 Å². The average Bonchev–Trinajstić information content (AvgIpc) is 3.02. The minimum Gasteiger partial charge on any atom is -0.497 e. The fourth-order valence-electron chi connectivity index (χ4n) is 2.71. The van der Waals surface area contributed by atoms with E-state index in [1.807, 2.05) is 18.2 Å². The molecule has 1 unspecified atom stereocenters. The molecule has 0 saturated heterocycles. The molecule has 1 atom stereocenters. The molecule has 2 heterocycles. The lowest BCUT2D eigenvalue weighted by Crippen LogP contribution is -2.38. The van der Waals surface area contributed by atoms with Gasteiger partial charge < -0.3 is 14.8 Å². The molecule has 0 bridgehead atoms. The number of methoxy groups -OCH3 is 1. The summed E-state index contributed by atoms with van der Waals surface area (Å²) in [5.41, 5.74) is 1.04. The molecule has 6 nitrogen and oxygen atoms in total. The summed E-state index contributed by atoms with van der Waals surface area (Å²) in [6.07, 6.45) is 4.85. The molecular weight excluding hydrogens is 330 g/mol. The molecular formula is C17H20ClN3O3. The van der Waals surface area contributed by atoms with Crippen molar-refractivity contribution in [1.82, 2.24) is 15.1 Å². The van der Waals surface area contributed by atoms with Crippen LogP contribution in [0.2, 0.25) is 5.02 Å². The molecule has 3 rings (SSSR count). The van der Waals surface area contributed by atoms with E-state index < -0.39 is 0 Å². The Morgan fingerprint density at radius 3 is 3.17 bits per heavy atom. The van der Waals surface area contributed by atoms with Gasteiger partial charge in [0.2, 0.25) is 5.91 Å². The Morgan fingerprint density at radius 1 is 1.54 bits per heavy atom. The van der Waals surface area contributed by atoms with E-state index in [4.69, 9.17) is 21.1 Å². The summed E-state index contributed by atoms with van der Waals surface area (Å²) >= 11 is 5.81. The van der Waals surface area contributed by atoms with Gasteiger partial charge in [0.15, 0.2) is 0 Å². The van der Waals surface area contributed by atoms with Gasteiger partial charge in [0, 0.05) is 25.4 Å². The smallest absolute Gasteiger partial charge is 0.226 e. The van der Waals surface area contributed by atoms with Gasteiger partial charge in [-0.3, -0.25) is 9.48 Å². The van der Waals surface area contributed by atoms with E-state index in [1.165, 1.54) is 0 Å². The highest BCUT2D eigenvalue weighted by Gasteiger charge is 2.26. The Kier molecular flexibility index (Phi) is 5.25. The summed E-state index contributed by atoms with van der Waals surface area (Å²) in [6, 6.07) is 5.70. The first-order valence-corrected chi connectivity index (χ1v) is 8.29. The Bertz CT molecular complexity index is 717. The van der Waals surface area contributed by atoms with Crippen molar-refractivity contribution in [3.8, 4) is 11.5 Å². The van der Waals surface area contributed by atoms with Crippen molar-refractivity contribution in [3.63, 3.8) is 0 Å². The molecule has 0 aliphatic carbocycles. The fourth-order valence-corrected chi connectivity index (χ4v) is 2.86. The van der Waals surface area contributed by atoms with Gasteiger partial charge in [0.1, 0.15) is 18.1 Å². The first kappa shape index (κ1) is 16.6. The number of halogens is 1. The summed E-state index contributed by atoms with van der Waals surface area (Å²) in [4.78, 5) is 12.3. The molecule has 1 N–H and O–H groups in total. The van der Waals surface area contributed by atoms with Gasteiger partial charge in [-0.1, -0.05) is 17.7 Å². The average molecular weight is 350 g/mol. The number of rotatable bonds is 6. The Morgan fingerprint density at radius 2 is 2.42 bits per heavy atom. The predicted octanol–water partition coefficient (Wildman–Crippen LogP) is 2.30. The number of aromatic nitrogens is 2. The minimum absolute atomic E-state index is 0.0231. The van der Waals surface area contributed by atoms with Crippen LogP contribution < -0.4 is 14.8 Å². The van der Waals surface area contributed by atoms with Gasteiger partial charge in [-0.2, -0.15) is 5.10 Å². The maximum Gasteiger partial charge on any atom is 0.226 e. The number of hydrogen-bond donors (Lipinski definition) is 1. The second-order valence-electron chi connectivity index (χ2n) is 5.75. The van der Waals surface area contributed by atoms with Gasteiger partial charge in [-0.05, 0) is 24.5 Å². The summed E-state index contributed by atoms with van der Waals surface area (Å²) in [5, 5.41) is 7.69. The highest BCUT2D eigenvalue weighted by molar-refractivity contribution is 6.30.